The number of sulfone groups is 1. The standard InChI is InChI=1S/C8H12N2O2S2/c1-14(11,12)8(2-3-8)7-10-6(4-9)5-13-7/h5H,2-4,9H2,1H3. The summed E-state index contributed by atoms with van der Waals surface area (Å²) < 4.78 is 22.4. The van der Waals surface area contributed by atoms with Crippen LogP contribution in [0.25, 0.3) is 0 Å². The van der Waals surface area contributed by atoms with E-state index in [1.807, 2.05) is 5.38 Å². The number of nitrogens with two attached hydrogens (primary N) is 1. The third kappa shape index (κ3) is 1.37. The molecule has 1 aliphatic rings. The van der Waals surface area contributed by atoms with Gasteiger partial charge in [-0.05, 0) is 12.8 Å². The summed E-state index contributed by atoms with van der Waals surface area (Å²) in [6, 6.07) is 0. The maximum atomic E-state index is 11.5. The van der Waals surface area contributed by atoms with E-state index >= 15 is 0 Å². The number of rotatable bonds is 3. The van der Waals surface area contributed by atoms with Crippen molar-refractivity contribution >= 4 is 21.2 Å². The van der Waals surface area contributed by atoms with Crippen molar-refractivity contribution < 1.29 is 8.42 Å². The minimum atomic E-state index is -3.03. The van der Waals surface area contributed by atoms with Gasteiger partial charge in [0.1, 0.15) is 9.75 Å². The second-order valence-electron chi connectivity index (χ2n) is 3.61. The minimum Gasteiger partial charge on any atom is -0.325 e. The van der Waals surface area contributed by atoms with Crippen LogP contribution in [0.5, 0.6) is 0 Å². The molecule has 1 aliphatic carbocycles. The Bertz CT molecular complexity index is 446. The fraction of sp³-hybridized carbons (Fsp3) is 0.625. The van der Waals surface area contributed by atoms with Crippen LogP contribution in [0, 0.1) is 0 Å². The largest absolute Gasteiger partial charge is 0.325 e. The topological polar surface area (TPSA) is 73.0 Å². The lowest BCUT2D eigenvalue weighted by Crippen LogP contribution is -2.19. The molecule has 0 atom stereocenters. The van der Waals surface area contributed by atoms with Crippen LogP contribution < -0.4 is 5.73 Å². The maximum Gasteiger partial charge on any atom is 0.159 e. The molecular formula is C8H12N2O2S2. The number of nitrogens with zero attached hydrogens (tertiary/aromatic N) is 1. The number of aromatic nitrogens is 1. The van der Waals surface area contributed by atoms with Crippen molar-refractivity contribution in [1.82, 2.24) is 4.98 Å². The molecule has 78 valence electrons. The van der Waals surface area contributed by atoms with Crippen molar-refractivity contribution in [1.29, 1.82) is 0 Å². The number of hydrogen-bond acceptors (Lipinski definition) is 5. The molecule has 14 heavy (non-hydrogen) atoms. The van der Waals surface area contributed by atoms with Crippen LogP contribution in [0.15, 0.2) is 5.38 Å². The van der Waals surface area contributed by atoms with E-state index < -0.39 is 14.6 Å². The molecule has 0 bridgehead atoms. The lowest BCUT2D eigenvalue weighted by Gasteiger charge is -2.08. The summed E-state index contributed by atoms with van der Waals surface area (Å²) in [4.78, 5) is 4.24. The maximum absolute atomic E-state index is 11.5. The summed E-state index contributed by atoms with van der Waals surface area (Å²) >= 11 is 1.40. The van der Waals surface area contributed by atoms with Crippen molar-refractivity contribution in [2.24, 2.45) is 5.73 Å². The van der Waals surface area contributed by atoms with Crippen LogP contribution in [-0.4, -0.2) is 19.7 Å². The molecule has 1 aromatic heterocycles. The van der Waals surface area contributed by atoms with Gasteiger partial charge >= 0.3 is 0 Å². The first-order valence-electron chi connectivity index (χ1n) is 4.34. The van der Waals surface area contributed by atoms with Gasteiger partial charge in [-0.3, -0.25) is 0 Å². The predicted octanol–water partition coefficient (Wildman–Crippen LogP) is 0.635. The van der Waals surface area contributed by atoms with Gasteiger partial charge < -0.3 is 5.73 Å². The van der Waals surface area contributed by atoms with Crippen molar-refractivity contribution in [3.05, 3.63) is 16.1 Å². The smallest absolute Gasteiger partial charge is 0.159 e. The second-order valence-corrected chi connectivity index (χ2v) is 6.80. The van der Waals surface area contributed by atoms with E-state index in [4.69, 9.17) is 5.73 Å². The van der Waals surface area contributed by atoms with Gasteiger partial charge in [0.15, 0.2) is 9.84 Å². The van der Waals surface area contributed by atoms with Crippen LogP contribution in [0.3, 0.4) is 0 Å². The van der Waals surface area contributed by atoms with Crippen molar-refractivity contribution in [3.8, 4) is 0 Å². The molecule has 0 radical (unpaired) electrons. The first kappa shape index (κ1) is 10.1. The average molecular weight is 232 g/mol. The number of hydrogen-bond donors (Lipinski definition) is 1. The zero-order chi connectivity index (χ0) is 10.4. The zero-order valence-electron chi connectivity index (χ0n) is 7.86. The Kier molecular flexibility index (Phi) is 2.17. The van der Waals surface area contributed by atoms with Gasteiger partial charge in [0.2, 0.25) is 0 Å². The molecule has 1 aromatic rings. The molecule has 0 saturated heterocycles. The van der Waals surface area contributed by atoms with Crippen LogP contribution >= 0.6 is 11.3 Å². The van der Waals surface area contributed by atoms with E-state index in [2.05, 4.69) is 4.98 Å². The van der Waals surface area contributed by atoms with Gasteiger partial charge in [0.05, 0.1) is 5.69 Å². The highest BCUT2D eigenvalue weighted by Gasteiger charge is 2.55. The fourth-order valence-corrected chi connectivity index (χ4v) is 4.26. The average Bonchev–Trinajstić information content (AvgIpc) is 2.79. The van der Waals surface area contributed by atoms with Gasteiger partial charge in [0.25, 0.3) is 0 Å². The van der Waals surface area contributed by atoms with Gasteiger partial charge in [-0.15, -0.1) is 11.3 Å². The lowest BCUT2D eigenvalue weighted by atomic mass is 10.4. The first-order chi connectivity index (χ1) is 6.49. The molecule has 0 amide bonds. The second kappa shape index (κ2) is 3.01. The van der Waals surface area contributed by atoms with E-state index in [9.17, 15) is 8.42 Å². The monoisotopic (exact) mass is 232 g/mol. The van der Waals surface area contributed by atoms with Gasteiger partial charge in [-0.25, -0.2) is 13.4 Å². The van der Waals surface area contributed by atoms with Crippen LogP contribution in [-0.2, 0) is 21.1 Å². The van der Waals surface area contributed by atoms with Gasteiger partial charge in [0, 0.05) is 18.2 Å². The summed E-state index contributed by atoms with van der Waals surface area (Å²) in [7, 11) is -3.03. The van der Waals surface area contributed by atoms with Gasteiger partial charge in [-0.2, -0.15) is 0 Å². The minimum absolute atomic E-state index is 0.371. The fourth-order valence-electron chi connectivity index (χ4n) is 1.47. The van der Waals surface area contributed by atoms with E-state index in [0.29, 0.717) is 24.4 Å². The Labute approximate surface area is 87.1 Å². The predicted molar refractivity (Wildman–Crippen MR) is 55.8 cm³/mol. The van der Waals surface area contributed by atoms with Crippen molar-refractivity contribution in [2.75, 3.05) is 6.26 Å². The molecule has 0 unspecified atom stereocenters. The highest BCUT2D eigenvalue weighted by atomic mass is 32.2. The Morgan fingerprint density at radius 3 is 2.64 bits per heavy atom. The lowest BCUT2D eigenvalue weighted by molar-refractivity contribution is 0.585. The molecule has 0 aromatic carbocycles. The molecule has 6 heteroatoms. The van der Waals surface area contributed by atoms with E-state index in [1.54, 1.807) is 0 Å². The molecule has 1 saturated carbocycles. The highest BCUT2D eigenvalue weighted by molar-refractivity contribution is 7.92. The van der Waals surface area contributed by atoms with Crippen LogP contribution in [0.4, 0.5) is 0 Å². The molecule has 2 N–H and O–H groups in total. The third-order valence-corrected chi connectivity index (χ3v) is 5.81. The molecule has 0 aliphatic heterocycles. The Balaban J connectivity index is 2.41. The Hall–Kier alpha value is -0.460. The van der Waals surface area contributed by atoms with Crippen LogP contribution in [0.1, 0.15) is 23.5 Å². The highest BCUT2D eigenvalue weighted by Crippen LogP contribution is 2.53. The zero-order valence-corrected chi connectivity index (χ0v) is 9.49. The molecule has 1 heterocycles. The van der Waals surface area contributed by atoms with E-state index in [1.165, 1.54) is 17.6 Å². The summed E-state index contributed by atoms with van der Waals surface area (Å²) in [6.07, 6.45) is 2.68. The third-order valence-electron chi connectivity index (χ3n) is 2.56. The first-order valence-corrected chi connectivity index (χ1v) is 7.11. The van der Waals surface area contributed by atoms with Gasteiger partial charge in [-0.1, -0.05) is 0 Å². The Morgan fingerprint density at radius 1 is 1.64 bits per heavy atom. The molecule has 1 fully saturated rings. The quantitative estimate of drug-likeness (QED) is 0.830. The van der Waals surface area contributed by atoms with Crippen LogP contribution in [0.2, 0.25) is 0 Å². The molecule has 4 nitrogen and oxygen atoms in total. The SMILES string of the molecule is CS(=O)(=O)C1(c2nc(CN)cs2)CC1. The van der Waals surface area contributed by atoms with Crippen molar-refractivity contribution in [2.45, 2.75) is 24.1 Å². The summed E-state index contributed by atoms with van der Waals surface area (Å²) in [5, 5.41) is 2.54. The summed E-state index contributed by atoms with van der Waals surface area (Å²) in [6.45, 7) is 0.371. The van der Waals surface area contributed by atoms with E-state index in [-0.39, 0.29) is 0 Å². The Morgan fingerprint density at radius 2 is 2.29 bits per heavy atom. The molecule has 2 rings (SSSR count). The van der Waals surface area contributed by atoms with E-state index in [0.717, 1.165) is 5.69 Å². The summed E-state index contributed by atoms with van der Waals surface area (Å²) in [5.41, 5.74) is 6.21. The molecule has 0 spiro atoms. The summed E-state index contributed by atoms with van der Waals surface area (Å²) in [5.74, 6) is 0. The van der Waals surface area contributed by atoms with Crippen molar-refractivity contribution in [3.63, 3.8) is 0 Å². The normalized spacial score (nSPS) is 19.6. The molecular weight excluding hydrogens is 220 g/mol. The number of thiazole rings is 1.